The van der Waals surface area contributed by atoms with Crippen LogP contribution in [0.1, 0.15) is 36.8 Å². The highest BCUT2D eigenvalue weighted by atomic mass is 35.5. The number of hydrogen-bond acceptors (Lipinski definition) is 2. The molecule has 104 valence electrons. The van der Waals surface area contributed by atoms with E-state index in [1.54, 1.807) is 0 Å². The molecule has 2 rings (SSSR count). The Balaban J connectivity index is 2.22. The van der Waals surface area contributed by atoms with Crippen LogP contribution in [0.25, 0.3) is 0 Å². The molecular weight excluding hydrogens is 260 g/mol. The van der Waals surface area contributed by atoms with Gasteiger partial charge in [-0.2, -0.15) is 5.10 Å². The van der Waals surface area contributed by atoms with Crippen molar-refractivity contribution < 1.29 is 0 Å². The Morgan fingerprint density at radius 1 is 1.47 bits per heavy atom. The van der Waals surface area contributed by atoms with Crippen LogP contribution in [0.2, 0.25) is 5.02 Å². The second-order valence-electron chi connectivity index (χ2n) is 4.81. The molecule has 2 heterocycles. The largest absolute Gasteiger partial charge is 0.348 e. The summed E-state index contributed by atoms with van der Waals surface area (Å²) in [5, 5.41) is 8.47. The summed E-state index contributed by atoms with van der Waals surface area (Å²) in [6, 6.07) is 2.49. The van der Waals surface area contributed by atoms with Gasteiger partial charge in [0.2, 0.25) is 0 Å². The fourth-order valence-electron chi connectivity index (χ4n) is 2.15. The predicted octanol–water partition coefficient (Wildman–Crippen LogP) is 2.77. The summed E-state index contributed by atoms with van der Waals surface area (Å²) in [4.78, 5) is 0. The van der Waals surface area contributed by atoms with Crippen molar-refractivity contribution in [2.45, 2.75) is 32.9 Å². The predicted molar refractivity (Wildman–Crippen MR) is 78.6 cm³/mol. The van der Waals surface area contributed by atoms with Gasteiger partial charge in [0.05, 0.1) is 23.0 Å². The zero-order chi connectivity index (χ0) is 14.0. The van der Waals surface area contributed by atoms with Crippen molar-refractivity contribution in [1.29, 1.82) is 0 Å². The monoisotopic (exact) mass is 280 g/mol. The zero-order valence-corrected chi connectivity index (χ0v) is 12.7. The van der Waals surface area contributed by atoms with E-state index in [0.29, 0.717) is 6.04 Å². The van der Waals surface area contributed by atoms with Crippen LogP contribution in [0.15, 0.2) is 18.5 Å². The smallest absolute Gasteiger partial charge is 0.0868 e. The molecule has 5 heteroatoms. The number of rotatable bonds is 5. The number of aryl methyl sites for hydroxylation is 2. The van der Waals surface area contributed by atoms with Gasteiger partial charge in [0, 0.05) is 25.5 Å². The molecule has 0 saturated heterocycles. The van der Waals surface area contributed by atoms with Crippen molar-refractivity contribution in [3.63, 3.8) is 0 Å². The number of halogens is 1. The fraction of sp³-hybridized carbons (Fsp3) is 0.500. The van der Waals surface area contributed by atoms with Gasteiger partial charge < -0.3 is 9.88 Å². The van der Waals surface area contributed by atoms with Crippen LogP contribution in [-0.2, 0) is 20.0 Å². The maximum absolute atomic E-state index is 6.37. The van der Waals surface area contributed by atoms with Crippen molar-refractivity contribution >= 4 is 11.6 Å². The number of nitrogens with zero attached hydrogens (tertiary/aromatic N) is 3. The molecule has 0 saturated carbocycles. The lowest BCUT2D eigenvalue weighted by atomic mass is 10.2. The van der Waals surface area contributed by atoms with E-state index < -0.39 is 0 Å². The second-order valence-corrected chi connectivity index (χ2v) is 5.19. The van der Waals surface area contributed by atoms with Gasteiger partial charge in [0.1, 0.15) is 0 Å². The third kappa shape index (κ3) is 2.85. The second kappa shape index (κ2) is 5.80. The first-order valence-corrected chi connectivity index (χ1v) is 6.97. The lowest BCUT2D eigenvalue weighted by molar-refractivity contribution is 0.640. The van der Waals surface area contributed by atoms with Crippen molar-refractivity contribution in [3.8, 4) is 0 Å². The Bertz CT molecular complexity index is 556. The van der Waals surface area contributed by atoms with Gasteiger partial charge in [-0.1, -0.05) is 18.5 Å². The van der Waals surface area contributed by atoms with E-state index in [0.717, 1.165) is 29.4 Å². The Morgan fingerprint density at radius 3 is 2.79 bits per heavy atom. The minimum absolute atomic E-state index is 0.356. The average Bonchev–Trinajstić information content (AvgIpc) is 2.98. The maximum Gasteiger partial charge on any atom is 0.0868 e. The lowest BCUT2D eigenvalue weighted by Crippen LogP contribution is -2.11. The van der Waals surface area contributed by atoms with Gasteiger partial charge in [0.15, 0.2) is 0 Å². The van der Waals surface area contributed by atoms with Crippen LogP contribution in [-0.4, -0.2) is 21.4 Å². The lowest BCUT2D eigenvalue weighted by Gasteiger charge is -2.07. The van der Waals surface area contributed by atoms with E-state index in [4.69, 9.17) is 11.6 Å². The van der Waals surface area contributed by atoms with E-state index in [9.17, 15) is 0 Å². The first kappa shape index (κ1) is 14.2. The van der Waals surface area contributed by atoms with Crippen LogP contribution < -0.4 is 5.32 Å². The Hall–Kier alpha value is -1.26. The SMILES string of the molecule is CCc1nn(C)c(Cn2ccc(C(C)NC)c2)c1Cl. The molecule has 0 bridgehead atoms. The van der Waals surface area contributed by atoms with E-state index in [1.165, 1.54) is 5.56 Å². The van der Waals surface area contributed by atoms with Crippen LogP contribution in [0, 0.1) is 0 Å². The molecule has 1 N–H and O–H groups in total. The summed E-state index contributed by atoms with van der Waals surface area (Å²) in [6.07, 6.45) is 5.09. The molecule has 1 unspecified atom stereocenters. The normalized spacial score (nSPS) is 12.9. The molecule has 0 radical (unpaired) electrons. The Kier molecular flexibility index (Phi) is 4.32. The molecule has 0 aliphatic rings. The van der Waals surface area contributed by atoms with Gasteiger partial charge in [-0.25, -0.2) is 0 Å². The highest BCUT2D eigenvalue weighted by Crippen LogP contribution is 2.22. The number of hydrogen-bond donors (Lipinski definition) is 1. The molecule has 0 aliphatic carbocycles. The van der Waals surface area contributed by atoms with E-state index in [2.05, 4.69) is 47.3 Å². The summed E-state index contributed by atoms with van der Waals surface area (Å²) < 4.78 is 4.02. The van der Waals surface area contributed by atoms with Crippen LogP contribution in [0.3, 0.4) is 0 Å². The number of nitrogens with one attached hydrogen (secondary N) is 1. The minimum Gasteiger partial charge on any atom is -0.348 e. The molecule has 19 heavy (non-hydrogen) atoms. The number of aromatic nitrogens is 3. The molecule has 0 amide bonds. The van der Waals surface area contributed by atoms with Crippen molar-refractivity contribution in [3.05, 3.63) is 40.4 Å². The molecule has 4 nitrogen and oxygen atoms in total. The van der Waals surface area contributed by atoms with Crippen LogP contribution in [0.4, 0.5) is 0 Å². The first-order chi connectivity index (χ1) is 9.06. The summed E-state index contributed by atoms with van der Waals surface area (Å²) >= 11 is 6.37. The third-order valence-electron chi connectivity index (χ3n) is 3.54. The fourth-order valence-corrected chi connectivity index (χ4v) is 2.50. The summed E-state index contributed by atoms with van der Waals surface area (Å²) in [5.41, 5.74) is 3.30. The highest BCUT2D eigenvalue weighted by Gasteiger charge is 2.13. The molecule has 0 fully saturated rings. The Labute approximate surface area is 119 Å². The van der Waals surface area contributed by atoms with E-state index in [-0.39, 0.29) is 0 Å². The van der Waals surface area contributed by atoms with E-state index >= 15 is 0 Å². The van der Waals surface area contributed by atoms with E-state index in [1.807, 2.05) is 18.8 Å². The van der Waals surface area contributed by atoms with Gasteiger partial charge in [-0.15, -0.1) is 0 Å². The molecule has 1 atom stereocenters. The summed E-state index contributed by atoms with van der Waals surface area (Å²) in [7, 11) is 3.91. The molecule has 0 spiro atoms. The van der Waals surface area contributed by atoms with Crippen molar-refractivity contribution in [1.82, 2.24) is 19.7 Å². The first-order valence-electron chi connectivity index (χ1n) is 6.60. The van der Waals surface area contributed by atoms with Gasteiger partial charge in [-0.3, -0.25) is 4.68 Å². The highest BCUT2D eigenvalue weighted by molar-refractivity contribution is 6.31. The molecule has 2 aromatic heterocycles. The van der Waals surface area contributed by atoms with Gasteiger partial charge in [0.25, 0.3) is 0 Å². The zero-order valence-electron chi connectivity index (χ0n) is 11.9. The minimum atomic E-state index is 0.356. The van der Waals surface area contributed by atoms with Gasteiger partial charge >= 0.3 is 0 Å². The summed E-state index contributed by atoms with van der Waals surface area (Å²) in [5.74, 6) is 0. The quantitative estimate of drug-likeness (QED) is 0.914. The van der Waals surface area contributed by atoms with Crippen molar-refractivity contribution in [2.75, 3.05) is 7.05 Å². The van der Waals surface area contributed by atoms with Crippen LogP contribution >= 0.6 is 11.6 Å². The molecule has 2 aromatic rings. The maximum atomic E-state index is 6.37. The van der Waals surface area contributed by atoms with Gasteiger partial charge in [-0.05, 0) is 32.0 Å². The topological polar surface area (TPSA) is 34.8 Å². The summed E-state index contributed by atoms with van der Waals surface area (Å²) in [6.45, 7) is 4.96. The standard InChI is InChI=1S/C14H21ClN4/c1-5-12-14(15)13(18(4)17-12)9-19-7-6-11(8-19)10(2)16-3/h6-8,10,16H,5,9H2,1-4H3. The van der Waals surface area contributed by atoms with Crippen LogP contribution in [0.5, 0.6) is 0 Å². The van der Waals surface area contributed by atoms with Crippen molar-refractivity contribution in [2.24, 2.45) is 7.05 Å². The molecular formula is C14H21ClN4. The Morgan fingerprint density at radius 2 is 2.21 bits per heavy atom. The third-order valence-corrected chi connectivity index (χ3v) is 3.98. The molecule has 0 aromatic carbocycles. The average molecular weight is 281 g/mol. The molecule has 0 aliphatic heterocycles.